The third-order valence-corrected chi connectivity index (χ3v) is 5.33. The molecule has 0 aliphatic heterocycles. The van der Waals surface area contributed by atoms with Gasteiger partial charge in [-0.25, -0.2) is 9.59 Å². The number of aliphatic carboxylic acids is 1. The lowest BCUT2D eigenvalue weighted by Gasteiger charge is -2.22. The summed E-state index contributed by atoms with van der Waals surface area (Å²) >= 11 is 0. The maximum absolute atomic E-state index is 12.4. The van der Waals surface area contributed by atoms with E-state index in [1.807, 2.05) is 48.5 Å². The van der Waals surface area contributed by atoms with Gasteiger partial charge in [-0.1, -0.05) is 48.5 Å². The predicted octanol–water partition coefficient (Wildman–Crippen LogP) is 1.49. The number of carboxylic acid groups (broad SMARTS) is 1. The summed E-state index contributed by atoms with van der Waals surface area (Å²) in [6, 6.07) is 13.1. The minimum absolute atomic E-state index is 0.0621. The van der Waals surface area contributed by atoms with Crippen molar-refractivity contribution in [1.29, 1.82) is 0 Å². The molecule has 9 nitrogen and oxygen atoms in total. The standard InChI is InChI=1S/C23H26N2O7/c1-13(26)20(22(28)29)25-21(27)19(12-31-2)24-23(30)32-11-18-16-9-5-3-7-14(16)15-8-4-6-10-17(15)18/h3-10,13,18-20,26H,11-12H2,1-2H3,(H,24,30)(H,25,27)(H,28,29)/t13?,19-,20?/m0/s1. The number of hydrogen-bond donors (Lipinski definition) is 4. The van der Waals surface area contributed by atoms with E-state index in [-0.39, 0.29) is 19.1 Å². The van der Waals surface area contributed by atoms with Gasteiger partial charge in [0.1, 0.15) is 12.6 Å². The molecule has 0 saturated carbocycles. The molecule has 32 heavy (non-hydrogen) atoms. The summed E-state index contributed by atoms with van der Waals surface area (Å²) in [5.74, 6) is -2.35. The van der Waals surface area contributed by atoms with Crippen molar-refractivity contribution in [3.05, 3.63) is 59.7 Å². The first kappa shape index (κ1) is 23.2. The van der Waals surface area contributed by atoms with Gasteiger partial charge in [0, 0.05) is 13.0 Å². The van der Waals surface area contributed by atoms with E-state index in [2.05, 4.69) is 10.6 Å². The fraction of sp³-hybridized carbons (Fsp3) is 0.348. The van der Waals surface area contributed by atoms with Gasteiger partial charge in [-0.3, -0.25) is 4.79 Å². The number of carbonyl (C=O) groups is 3. The van der Waals surface area contributed by atoms with Crippen molar-refractivity contribution < 1.29 is 34.1 Å². The first-order valence-electron chi connectivity index (χ1n) is 10.1. The molecular weight excluding hydrogens is 416 g/mol. The van der Waals surface area contributed by atoms with Crippen LogP contribution < -0.4 is 10.6 Å². The van der Waals surface area contributed by atoms with E-state index in [0.29, 0.717) is 0 Å². The number of carbonyl (C=O) groups excluding carboxylic acids is 2. The zero-order valence-corrected chi connectivity index (χ0v) is 17.8. The summed E-state index contributed by atoms with van der Waals surface area (Å²) in [5, 5.41) is 23.3. The Bertz CT molecular complexity index is 946. The molecule has 1 aliphatic rings. The van der Waals surface area contributed by atoms with Crippen molar-refractivity contribution in [1.82, 2.24) is 10.6 Å². The van der Waals surface area contributed by atoms with Crippen molar-refractivity contribution in [2.24, 2.45) is 0 Å². The Hall–Kier alpha value is -3.43. The summed E-state index contributed by atoms with van der Waals surface area (Å²) < 4.78 is 10.4. The van der Waals surface area contributed by atoms with Crippen molar-refractivity contribution in [3.63, 3.8) is 0 Å². The Morgan fingerprint density at radius 1 is 1.00 bits per heavy atom. The molecule has 4 N–H and O–H groups in total. The topological polar surface area (TPSA) is 134 Å². The SMILES string of the molecule is COC[C@H](NC(=O)OCC1c2ccccc2-c2ccccc21)C(=O)NC(C(=O)O)C(C)O. The van der Waals surface area contributed by atoms with Crippen molar-refractivity contribution in [2.75, 3.05) is 20.3 Å². The number of methoxy groups -OCH3 is 1. The van der Waals surface area contributed by atoms with Crippen LogP contribution in [0, 0.1) is 0 Å². The molecule has 9 heteroatoms. The fourth-order valence-electron chi connectivity index (χ4n) is 3.77. The van der Waals surface area contributed by atoms with Gasteiger partial charge in [0.25, 0.3) is 0 Å². The summed E-state index contributed by atoms with van der Waals surface area (Å²) in [7, 11) is 1.34. The smallest absolute Gasteiger partial charge is 0.407 e. The quantitative estimate of drug-likeness (QED) is 0.462. The number of aliphatic hydroxyl groups excluding tert-OH is 1. The number of fused-ring (bicyclic) bond motifs is 3. The van der Waals surface area contributed by atoms with Crippen LogP contribution in [0.5, 0.6) is 0 Å². The van der Waals surface area contributed by atoms with Crippen LogP contribution in [0.1, 0.15) is 24.0 Å². The van der Waals surface area contributed by atoms with Crippen LogP contribution in [0.2, 0.25) is 0 Å². The monoisotopic (exact) mass is 442 g/mol. The van der Waals surface area contributed by atoms with E-state index in [4.69, 9.17) is 14.6 Å². The summed E-state index contributed by atoms with van der Waals surface area (Å²) in [6.45, 7) is 1.10. The van der Waals surface area contributed by atoms with Crippen LogP contribution >= 0.6 is 0 Å². The molecule has 2 aromatic carbocycles. The number of carboxylic acids is 1. The Labute approximate surface area is 185 Å². The highest BCUT2D eigenvalue weighted by Gasteiger charge is 2.31. The molecule has 170 valence electrons. The lowest BCUT2D eigenvalue weighted by atomic mass is 9.98. The summed E-state index contributed by atoms with van der Waals surface area (Å²) in [4.78, 5) is 36.1. The third kappa shape index (κ3) is 5.06. The molecule has 2 unspecified atom stereocenters. The average Bonchev–Trinajstić information content (AvgIpc) is 3.09. The molecule has 0 spiro atoms. The second-order valence-electron chi connectivity index (χ2n) is 7.54. The molecular formula is C23H26N2O7. The van der Waals surface area contributed by atoms with Crippen LogP contribution in [0.15, 0.2) is 48.5 Å². The largest absolute Gasteiger partial charge is 0.480 e. The predicted molar refractivity (Wildman–Crippen MR) is 115 cm³/mol. The van der Waals surface area contributed by atoms with Gasteiger partial charge in [0.15, 0.2) is 6.04 Å². The van der Waals surface area contributed by atoms with Gasteiger partial charge < -0.3 is 30.3 Å². The van der Waals surface area contributed by atoms with Gasteiger partial charge in [-0.15, -0.1) is 0 Å². The molecule has 0 aromatic heterocycles. The Balaban J connectivity index is 1.65. The number of benzene rings is 2. The van der Waals surface area contributed by atoms with E-state index in [1.54, 1.807) is 0 Å². The number of hydrogen-bond acceptors (Lipinski definition) is 6. The second kappa shape index (κ2) is 10.3. The van der Waals surface area contributed by atoms with E-state index in [1.165, 1.54) is 14.0 Å². The Kier molecular flexibility index (Phi) is 7.45. The number of ether oxygens (including phenoxy) is 2. The number of alkyl carbamates (subject to hydrolysis) is 1. The summed E-state index contributed by atoms with van der Waals surface area (Å²) in [5.41, 5.74) is 4.28. The number of aliphatic hydroxyl groups is 1. The van der Waals surface area contributed by atoms with Gasteiger partial charge in [0.05, 0.1) is 12.7 Å². The molecule has 0 heterocycles. The van der Waals surface area contributed by atoms with Crippen LogP contribution in [0.3, 0.4) is 0 Å². The highest BCUT2D eigenvalue weighted by Crippen LogP contribution is 2.44. The summed E-state index contributed by atoms with van der Waals surface area (Å²) in [6.07, 6.45) is -2.16. The maximum atomic E-state index is 12.4. The van der Waals surface area contributed by atoms with Crippen LogP contribution in [-0.2, 0) is 19.1 Å². The zero-order valence-electron chi connectivity index (χ0n) is 17.8. The third-order valence-electron chi connectivity index (χ3n) is 5.33. The van der Waals surface area contributed by atoms with Crippen molar-refractivity contribution in [2.45, 2.75) is 31.0 Å². The molecule has 0 saturated heterocycles. The van der Waals surface area contributed by atoms with E-state index in [9.17, 15) is 19.5 Å². The Morgan fingerprint density at radius 3 is 2.06 bits per heavy atom. The average molecular weight is 442 g/mol. The van der Waals surface area contributed by atoms with E-state index in [0.717, 1.165) is 22.3 Å². The molecule has 0 radical (unpaired) electrons. The molecule has 2 amide bonds. The highest BCUT2D eigenvalue weighted by molar-refractivity contribution is 5.89. The molecule has 2 aromatic rings. The number of rotatable bonds is 9. The first-order valence-corrected chi connectivity index (χ1v) is 10.1. The fourth-order valence-corrected chi connectivity index (χ4v) is 3.77. The van der Waals surface area contributed by atoms with Crippen LogP contribution in [0.25, 0.3) is 11.1 Å². The van der Waals surface area contributed by atoms with E-state index >= 15 is 0 Å². The number of amides is 2. The van der Waals surface area contributed by atoms with Gasteiger partial charge in [-0.05, 0) is 29.2 Å². The lowest BCUT2D eigenvalue weighted by Crippen LogP contribution is -2.56. The van der Waals surface area contributed by atoms with Gasteiger partial charge in [0.2, 0.25) is 5.91 Å². The highest BCUT2D eigenvalue weighted by atomic mass is 16.5. The number of nitrogens with one attached hydrogen (secondary N) is 2. The molecule has 0 bridgehead atoms. The first-order chi connectivity index (χ1) is 15.3. The Morgan fingerprint density at radius 2 is 1.56 bits per heavy atom. The van der Waals surface area contributed by atoms with Crippen molar-refractivity contribution in [3.8, 4) is 11.1 Å². The van der Waals surface area contributed by atoms with E-state index < -0.39 is 36.2 Å². The van der Waals surface area contributed by atoms with Crippen molar-refractivity contribution >= 4 is 18.0 Å². The maximum Gasteiger partial charge on any atom is 0.407 e. The normalized spacial score (nSPS) is 15.1. The second-order valence-corrected chi connectivity index (χ2v) is 7.54. The zero-order chi connectivity index (χ0) is 23.3. The minimum atomic E-state index is -1.52. The lowest BCUT2D eigenvalue weighted by molar-refractivity contribution is -0.145. The van der Waals surface area contributed by atoms with Gasteiger partial charge >= 0.3 is 12.1 Å². The van der Waals surface area contributed by atoms with Crippen LogP contribution in [0.4, 0.5) is 4.79 Å². The molecule has 3 atom stereocenters. The van der Waals surface area contributed by atoms with Crippen LogP contribution in [-0.4, -0.2) is 66.7 Å². The molecule has 0 fully saturated rings. The molecule has 3 rings (SSSR count). The van der Waals surface area contributed by atoms with Gasteiger partial charge in [-0.2, -0.15) is 0 Å². The molecule has 1 aliphatic carbocycles. The minimum Gasteiger partial charge on any atom is -0.480 e.